The molecule has 1 aromatic rings. The Bertz CT molecular complexity index is 439. The predicted molar refractivity (Wildman–Crippen MR) is 74.6 cm³/mol. The maximum Gasteiger partial charge on any atom is 0.151 e. The summed E-state index contributed by atoms with van der Waals surface area (Å²) >= 11 is 0. The summed E-state index contributed by atoms with van der Waals surface area (Å²) < 4.78 is 12.8. The molecular formula is C16H22FNO. The molecule has 3 heteroatoms. The Labute approximate surface area is 114 Å². The standard InChI is InChI=1S/C16H22FNO/c1-16(2)8-3-9-18(12-16)11-15(19)10-13-4-6-14(17)7-5-13/h4-7H,3,8-12H2,1-2H3. The van der Waals surface area contributed by atoms with Gasteiger partial charge in [0.1, 0.15) is 5.82 Å². The molecule has 0 aliphatic carbocycles. The summed E-state index contributed by atoms with van der Waals surface area (Å²) in [4.78, 5) is 14.3. The number of hydrogen-bond donors (Lipinski definition) is 0. The van der Waals surface area contributed by atoms with Crippen molar-refractivity contribution < 1.29 is 9.18 Å². The van der Waals surface area contributed by atoms with Gasteiger partial charge in [-0.05, 0) is 42.5 Å². The Morgan fingerprint density at radius 2 is 2.00 bits per heavy atom. The van der Waals surface area contributed by atoms with Crippen LogP contribution in [0.15, 0.2) is 24.3 Å². The highest BCUT2D eigenvalue weighted by atomic mass is 19.1. The molecule has 0 atom stereocenters. The summed E-state index contributed by atoms with van der Waals surface area (Å²) in [5, 5.41) is 0. The van der Waals surface area contributed by atoms with E-state index in [4.69, 9.17) is 0 Å². The third-order valence-corrected chi connectivity index (χ3v) is 3.69. The number of carbonyl (C=O) groups excluding carboxylic acids is 1. The van der Waals surface area contributed by atoms with E-state index in [1.54, 1.807) is 12.1 Å². The number of Topliss-reactive ketones (excluding diaryl/α,β-unsaturated/α-hetero) is 1. The van der Waals surface area contributed by atoms with E-state index in [1.807, 2.05) is 0 Å². The maximum atomic E-state index is 12.8. The van der Waals surface area contributed by atoms with Crippen molar-refractivity contribution in [3.05, 3.63) is 35.6 Å². The minimum atomic E-state index is -0.256. The average molecular weight is 263 g/mol. The SMILES string of the molecule is CC1(C)CCCN(CC(=O)Cc2ccc(F)cc2)C1. The highest BCUT2D eigenvalue weighted by Gasteiger charge is 2.27. The Kier molecular flexibility index (Phi) is 4.35. The Hall–Kier alpha value is -1.22. The highest BCUT2D eigenvalue weighted by molar-refractivity contribution is 5.82. The van der Waals surface area contributed by atoms with Gasteiger partial charge in [0.15, 0.2) is 5.78 Å². The predicted octanol–water partition coefficient (Wildman–Crippen LogP) is 3.06. The fourth-order valence-electron chi connectivity index (χ4n) is 2.81. The second-order valence-corrected chi connectivity index (χ2v) is 6.32. The van der Waals surface area contributed by atoms with Crippen molar-refractivity contribution in [3.63, 3.8) is 0 Å². The smallest absolute Gasteiger partial charge is 0.151 e. The first kappa shape index (κ1) is 14.2. The summed E-state index contributed by atoms with van der Waals surface area (Å²) in [6, 6.07) is 6.19. The number of halogens is 1. The summed E-state index contributed by atoms with van der Waals surface area (Å²) in [5.74, 6) is -0.0433. The van der Waals surface area contributed by atoms with Gasteiger partial charge in [-0.3, -0.25) is 9.69 Å². The first-order chi connectivity index (χ1) is 8.94. The fourth-order valence-corrected chi connectivity index (χ4v) is 2.81. The molecule has 104 valence electrons. The minimum absolute atomic E-state index is 0.212. The van der Waals surface area contributed by atoms with Gasteiger partial charge < -0.3 is 0 Å². The van der Waals surface area contributed by atoms with Gasteiger partial charge in [-0.1, -0.05) is 26.0 Å². The molecule has 0 aromatic heterocycles. The van der Waals surface area contributed by atoms with Gasteiger partial charge in [0, 0.05) is 13.0 Å². The van der Waals surface area contributed by atoms with Crippen LogP contribution in [0.25, 0.3) is 0 Å². The first-order valence-electron chi connectivity index (χ1n) is 6.93. The molecule has 0 bridgehead atoms. The third-order valence-electron chi connectivity index (χ3n) is 3.69. The lowest BCUT2D eigenvalue weighted by atomic mass is 9.84. The zero-order valence-electron chi connectivity index (χ0n) is 11.8. The number of piperidine rings is 1. The molecule has 1 fully saturated rings. The lowest BCUT2D eigenvalue weighted by molar-refractivity contribution is -0.120. The molecule has 0 radical (unpaired) electrons. The van der Waals surface area contributed by atoms with Gasteiger partial charge >= 0.3 is 0 Å². The Morgan fingerprint density at radius 3 is 2.63 bits per heavy atom. The van der Waals surface area contributed by atoms with Crippen LogP contribution >= 0.6 is 0 Å². The number of carbonyl (C=O) groups is 1. The molecule has 0 amide bonds. The molecule has 0 spiro atoms. The second kappa shape index (κ2) is 5.83. The van der Waals surface area contributed by atoms with Crippen LogP contribution in [-0.4, -0.2) is 30.3 Å². The van der Waals surface area contributed by atoms with E-state index < -0.39 is 0 Å². The molecule has 0 saturated carbocycles. The van der Waals surface area contributed by atoms with Crippen LogP contribution in [0.5, 0.6) is 0 Å². The highest BCUT2D eigenvalue weighted by Crippen LogP contribution is 2.28. The van der Waals surface area contributed by atoms with Gasteiger partial charge in [0.05, 0.1) is 6.54 Å². The average Bonchev–Trinajstić information content (AvgIpc) is 2.30. The maximum absolute atomic E-state index is 12.8. The van der Waals surface area contributed by atoms with E-state index in [9.17, 15) is 9.18 Å². The molecular weight excluding hydrogens is 241 g/mol. The van der Waals surface area contributed by atoms with Gasteiger partial charge in [-0.25, -0.2) is 4.39 Å². The Balaban J connectivity index is 1.85. The second-order valence-electron chi connectivity index (χ2n) is 6.32. The van der Waals surface area contributed by atoms with E-state index >= 15 is 0 Å². The van der Waals surface area contributed by atoms with Gasteiger partial charge in [-0.15, -0.1) is 0 Å². The van der Waals surface area contributed by atoms with Crippen LogP contribution in [0.4, 0.5) is 4.39 Å². The molecule has 1 saturated heterocycles. The van der Waals surface area contributed by atoms with Crippen LogP contribution in [0.3, 0.4) is 0 Å². The largest absolute Gasteiger partial charge is 0.298 e. The number of hydrogen-bond acceptors (Lipinski definition) is 2. The lowest BCUT2D eigenvalue weighted by Crippen LogP contribution is -2.42. The van der Waals surface area contributed by atoms with Crippen molar-refractivity contribution in [1.29, 1.82) is 0 Å². The van der Waals surface area contributed by atoms with Crippen molar-refractivity contribution in [1.82, 2.24) is 4.90 Å². The van der Waals surface area contributed by atoms with E-state index in [-0.39, 0.29) is 11.6 Å². The van der Waals surface area contributed by atoms with E-state index in [1.165, 1.54) is 18.6 Å². The van der Waals surface area contributed by atoms with Crippen LogP contribution in [0, 0.1) is 11.2 Å². The fraction of sp³-hybridized carbons (Fsp3) is 0.562. The van der Waals surface area contributed by atoms with Crippen LogP contribution in [-0.2, 0) is 11.2 Å². The number of nitrogens with zero attached hydrogens (tertiary/aromatic N) is 1. The monoisotopic (exact) mass is 263 g/mol. The van der Waals surface area contributed by atoms with Gasteiger partial charge in [0.2, 0.25) is 0 Å². The number of likely N-dealkylation sites (tertiary alicyclic amines) is 1. The lowest BCUT2D eigenvalue weighted by Gasteiger charge is -2.37. The van der Waals surface area contributed by atoms with Gasteiger partial charge in [0.25, 0.3) is 0 Å². The van der Waals surface area contributed by atoms with Crippen LogP contribution in [0.1, 0.15) is 32.3 Å². The summed E-state index contributed by atoms with van der Waals surface area (Å²) in [5.41, 5.74) is 1.21. The van der Waals surface area contributed by atoms with E-state index in [0.29, 0.717) is 18.4 Å². The van der Waals surface area contributed by atoms with E-state index in [0.717, 1.165) is 25.1 Å². The Morgan fingerprint density at radius 1 is 1.32 bits per heavy atom. The molecule has 1 aliphatic heterocycles. The van der Waals surface area contributed by atoms with Crippen molar-refractivity contribution in [3.8, 4) is 0 Å². The molecule has 0 N–H and O–H groups in total. The zero-order chi connectivity index (χ0) is 13.9. The molecule has 1 aromatic carbocycles. The quantitative estimate of drug-likeness (QED) is 0.832. The summed E-state index contributed by atoms with van der Waals surface area (Å²) in [6.07, 6.45) is 2.80. The molecule has 2 rings (SSSR count). The number of benzene rings is 1. The molecule has 1 heterocycles. The van der Waals surface area contributed by atoms with E-state index in [2.05, 4.69) is 18.7 Å². The molecule has 2 nitrogen and oxygen atoms in total. The molecule has 19 heavy (non-hydrogen) atoms. The van der Waals surface area contributed by atoms with Gasteiger partial charge in [-0.2, -0.15) is 0 Å². The summed E-state index contributed by atoms with van der Waals surface area (Å²) in [7, 11) is 0. The minimum Gasteiger partial charge on any atom is -0.298 e. The molecule has 1 aliphatic rings. The van der Waals surface area contributed by atoms with Crippen molar-refractivity contribution >= 4 is 5.78 Å². The van der Waals surface area contributed by atoms with Crippen LogP contribution in [0.2, 0.25) is 0 Å². The third kappa shape index (κ3) is 4.43. The topological polar surface area (TPSA) is 20.3 Å². The number of rotatable bonds is 4. The summed E-state index contributed by atoms with van der Waals surface area (Å²) in [6.45, 7) is 7.02. The first-order valence-corrected chi connectivity index (χ1v) is 6.93. The molecule has 0 unspecified atom stereocenters. The van der Waals surface area contributed by atoms with Crippen LogP contribution < -0.4 is 0 Å². The van der Waals surface area contributed by atoms with Crippen molar-refractivity contribution in [2.24, 2.45) is 5.41 Å². The van der Waals surface area contributed by atoms with Crippen molar-refractivity contribution in [2.45, 2.75) is 33.1 Å². The zero-order valence-corrected chi connectivity index (χ0v) is 11.8. The van der Waals surface area contributed by atoms with Crippen molar-refractivity contribution in [2.75, 3.05) is 19.6 Å². The number of ketones is 1. The normalized spacial score (nSPS) is 19.3.